The third-order valence-electron chi connectivity index (χ3n) is 4.25. The van der Waals surface area contributed by atoms with E-state index in [1.165, 1.54) is 0 Å². The summed E-state index contributed by atoms with van der Waals surface area (Å²) in [5.41, 5.74) is 4.67. The number of rotatable bonds is 6. The molecule has 2 amide bonds. The van der Waals surface area contributed by atoms with Crippen LogP contribution < -0.4 is 10.6 Å². The Kier molecular flexibility index (Phi) is 5.88. The number of carbonyl (C=O) groups excluding carboxylic acids is 1. The molecule has 0 spiro atoms. The Morgan fingerprint density at radius 3 is 2.67 bits per heavy atom. The SMILES string of the molecule is CNC(=O)Nc1cccc(Cn2cnc(-c3ccccc3)c2CC(C)O)c1. The zero-order chi connectivity index (χ0) is 19.2. The van der Waals surface area contributed by atoms with Crippen LogP contribution in [0.3, 0.4) is 0 Å². The summed E-state index contributed by atoms with van der Waals surface area (Å²) in [7, 11) is 1.58. The second kappa shape index (κ2) is 8.51. The second-order valence-corrected chi connectivity index (χ2v) is 6.49. The second-order valence-electron chi connectivity index (χ2n) is 6.49. The van der Waals surface area contributed by atoms with Gasteiger partial charge in [-0.15, -0.1) is 0 Å². The van der Waals surface area contributed by atoms with E-state index < -0.39 is 6.10 Å². The van der Waals surface area contributed by atoms with Gasteiger partial charge in [0.15, 0.2) is 0 Å². The average Bonchev–Trinajstić information content (AvgIpc) is 3.04. The fraction of sp³-hybridized carbons (Fsp3) is 0.238. The Bertz CT molecular complexity index is 904. The third kappa shape index (κ3) is 4.74. The maximum atomic E-state index is 11.5. The van der Waals surface area contributed by atoms with Crippen LogP contribution in [-0.4, -0.2) is 33.8 Å². The van der Waals surface area contributed by atoms with Gasteiger partial charge in [0, 0.05) is 37.0 Å². The van der Waals surface area contributed by atoms with E-state index in [0.717, 1.165) is 28.2 Å². The molecule has 6 nitrogen and oxygen atoms in total. The minimum Gasteiger partial charge on any atom is -0.393 e. The van der Waals surface area contributed by atoms with E-state index in [4.69, 9.17) is 0 Å². The number of urea groups is 1. The molecule has 1 heterocycles. The number of aromatic nitrogens is 2. The Balaban J connectivity index is 1.90. The van der Waals surface area contributed by atoms with Crippen LogP contribution in [0.2, 0.25) is 0 Å². The third-order valence-corrected chi connectivity index (χ3v) is 4.25. The molecule has 3 N–H and O–H groups in total. The lowest BCUT2D eigenvalue weighted by atomic mass is 10.1. The number of aliphatic hydroxyl groups is 1. The first-order chi connectivity index (χ1) is 13.1. The maximum Gasteiger partial charge on any atom is 0.318 e. The highest BCUT2D eigenvalue weighted by atomic mass is 16.3. The predicted octanol–water partition coefficient (Wildman–Crippen LogP) is 3.27. The lowest BCUT2D eigenvalue weighted by Gasteiger charge is -2.13. The Morgan fingerprint density at radius 1 is 1.19 bits per heavy atom. The molecule has 0 fully saturated rings. The van der Waals surface area contributed by atoms with Crippen molar-refractivity contribution in [3.63, 3.8) is 0 Å². The van der Waals surface area contributed by atoms with Crippen LogP contribution >= 0.6 is 0 Å². The van der Waals surface area contributed by atoms with Crippen molar-refractivity contribution in [1.82, 2.24) is 14.9 Å². The number of benzene rings is 2. The molecule has 27 heavy (non-hydrogen) atoms. The number of hydrogen-bond donors (Lipinski definition) is 3. The van der Waals surface area contributed by atoms with Crippen molar-refractivity contribution in [2.45, 2.75) is 26.0 Å². The molecule has 6 heteroatoms. The predicted molar refractivity (Wildman–Crippen MR) is 107 cm³/mol. The van der Waals surface area contributed by atoms with Gasteiger partial charge < -0.3 is 20.3 Å². The van der Waals surface area contributed by atoms with Gasteiger partial charge in [0.25, 0.3) is 0 Å². The van der Waals surface area contributed by atoms with Crippen molar-refractivity contribution in [1.29, 1.82) is 0 Å². The van der Waals surface area contributed by atoms with E-state index in [1.807, 2.05) is 59.2 Å². The van der Waals surface area contributed by atoms with Gasteiger partial charge in [0.1, 0.15) is 0 Å². The highest BCUT2D eigenvalue weighted by molar-refractivity contribution is 5.89. The van der Waals surface area contributed by atoms with Crippen molar-refractivity contribution in [3.8, 4) is 11.3 Å². The van der Waals surface area contributed by atoms with Crippen LogP contribution in [0, 0.1) is 0 Å². The average molecular weight is 364 g/mol. The van der Waals surface area contributed by atoms with Gasteiger partial charge in [-0.3, -0.25) is 0 Å². The van der Waals surface area contributed by atoms with Gasteiger partial charge in [-0.05, 0) is 24.6 Å². The zero-order valence-corrected chi connectivity index (χ0v) is 15.5. The number of anilines is 1. The molecule has 0 saturated carbocycles. The fourth-order valence-electron chi connectivity index (χ4n) is 3.01. The van der Waals surface area contributed by atoms with E-state index in [0.29, 0.717) is 13.0 Å². The molecule has 2 aromatic carbocycles. The quantitative estimate of drug-likeness (QED) is 0.628. The van der Waals surface area contributed by atoms with Gasteiger partial charge >= 0.3 is 6.03 Å². The number of hydrogen-bond acceptors (Lipinski definition) is 3. The van der Waals surface area contributed by atoms with Gasteiger partial charge in [0.2, 0.25) is 0 Å². The minimum absolute atomic E-state index is 0.254. The van der Waals surface area contributed by atoms with Crippen molar-refractivity contribution in [2.75, 3.05) is 12.4 Å². The highest BCUT2D eigenvalue weighted by Gasteiger charge is 2.15. The Labute approximate surface area is 158 Å². The summed E-state index contributed by atoms with van der Waals surface area (Å²) in [6.07, 6.45) is 1.85. The molecule has 3 aromatic rings. The first-order valence-electron chi connectivity index (χ1n) is 8.92. The van der Waals surface area contributed by atoms with Gasteiger partial charge in [-0.2, -0.15) is 0 Å². The van der Waals surface area contributed by atoms with Crippen molar-refractivity contribution >= 4 is 11.7 Å². The maximum absolute atomic E-state index is 11.5. The summed E-state index contributed by atoms with van der Waals surface area (Å²) in [6, 6.07) is 17.4. The molecular formula is C21H24N4O2. The molecule has 0 aliphatic carbocycles. The van der Waals surface area contributed by atoms with E-state index in [2.05, 4.69) is 15.6 Å². The Hall–Kier alpha value is -3.12. The molecule has 1 aromatic heterocycles. The first-order valence-corrected chi connectivity index (χ1v) is 8.92. The van der Waals surface area contributed by atoms with Gasteiger partial charge in [-0.25, -0.2) is 9.78 Å². The molecule has 1 unspecified atom stereocenters. The lowest BCUT2D eigenvalue weighted by molar-refractivity contribution is 0.193. The van der Waals surface area contributed by atoms with Crippen molar-refractivity contribution < 1.29 is 9.90 Å². The van der Waals surface area contributed by atoms with Gasteiger partial charge in [-0.1, -0.05) is 42.5 Å². The molecule has 0 aliphatic rings. The summed E-state index contributed by atoms with van der Waals surface area (Å²) < 4.78 is 2.05. The number of carbonyl (C=O) groups is 1. The molecule has 0 bridgehead atoms. The number of amides is 2. The highest BCUT2D eigenvalue weighted by Crippen LogP contribution is 2.24. The van der Waals surface area contributed by atoms with Crippen molar-refractivity contribution in [3.05, 3.63) is 72.2 Å². The first kappa shape index (κ1) is 18.7. The van der Waals surface area contributed by atoms with Crippen LogP contribution in [0.15, 0.2) is 60.9 Å². The van der Waals surface area contributed by atoms with E-state index in [9.17, 15) is 9.90 Å². The van der Waals surface area contributed by atoms with E-state index in [-0.39, 0.29) is 6.03 Å². The van der Waals surface area contributed by atoms with Gasteiger partial charge in [0.05, 0.1) is 18.1 Å². The fourth-order valence-corrected chi connectivity index (χ4v) is 3.01. The molecule has 0 radical (unpaired) electrons. The number of nitrogens with zero attached hydrogens (tertiary/aromatic N) is 2. The molecule has 140 valence electrons. The zero-order valence-electron chi connectivity index (χ0n) is 15.5. The number of aliphatic hydroxyl groups excluding tert-OH is 1. The molecule has 3 rings (SSSR count). The number of nitrogens with one attached hydrogen (secondary N) is 2. The minimum atomic E-state index is -0.468. The normalized spacial score (nSPS) is 11.8. The number of imidazole rings is 1. The molecule has 0 aliphatic heterocycles. The summed E-state index contributed by atoms with van der Waals surface area (Å²) in [5.74, 6) is 0. The van der Waals surface area contributed by atoms with E-state index >= 15 is 0 Å². The van der Waals surface area contributed by atoms with Crippen LogP contribution in [0.1, 0.15) is 18.2 Å². The summed E-state index contributed by atoms with van der Waals surface area (Å²) >= 11 is 0. The van der Waals surface area contributed by atoms with E-state index in [1.54, 1.807) is 20.3 Å². The lowest BCUT2D eigenvalue weighted by Crippen LogP contribution is -2.24. The van der Waals surface area contributed by atoms with Crippen LogP contribution in [0.4, 0.5) is 10.5 Å². The summed E-state index contributed by atoms with van der Waals surface area (Å²) in [4.78, 5) is 16.1. The molecule has 1 atom stereocenters. The largest absolute Gasteiger partial charge is 0.393 e. The molecule has 0 saturated heterocycles. The van der Waals surface area contributed by atoms with Crippen molar-refractivity contribution in [2.24, 2.45) is 0 Å². The smallest absolute Gasteiger partial charge is 0.318 e. The monoisotopic (exact) mass is 364 g/mol. The van der Waals surface area contributed by atoms with Crippen LogP contribution in [0.25, 0.3) is 11.3 Å². The topological polar surface area (TPSA) is 79.2 Å². The Morgan fingerprint density at radius 2 is 1.96 bits per heavy atom. The van der Waals surface area contributed by atoms with Crippen LogP contribution in [-0.2, 0) is 13.0 Å². The molecular weight excluding hydrogens is 340 g/mol. The van der Waals surface area contributed by atoms with Crippen LogP contribution in [0.5, 0.6) is 0 Å². The summed E-state index contributed by atoms with van der Waals surface area (Å²) in [6.45, 7) is 2.38. The standard InChI is InChI=1S/C21H24N4O2/c1-15(26)11-19-20(17-8-4-3-5-9-17)23-14-25(19)13-16-7-6-10-18(12-16)24-21(27)22-2/h3-10,12,14-15,26H,11,13H2,1-2H3,(H2,22,24,27). The summed E-state index contributed by atoms with van der Waals surface area (Å²) in [5, 5.41) is 15.3.